The standard InChI is InChI=1S/C11H12BrClN2OS/c1-11(2,10(14)17)15-9(16)7-4-3-6(12)5-8(7)13/h3-5H,1-2H3,(H2,14,17)(H,15,16). The van der Waals surface area contributed by atoms with Crippen LogP contribution in [0, 0.1) is 0 Å². The molecule has 0 saturated carbocycles. The lowest BCUT2D eigenvalue weighted by molar-refractivity contribution is 0.0932. The fourth-order valence-corrected chi connectivity index (χ4v) is 1.90. The van der Waals surface area contributed by atoms with Gasteiger partial charge in [0.1, 0.15) is 0 Å². The van der Waals surface area contributed by atoms with Crippen LogP contribution in [-0.4, -0.2) is 16.4 Å². The maximum atomic E-state index is 12.0. The van der Waals surface area contributed by atoms with Crippen molar-refractivity contribution < 1.29 is 4.79 Å². The summed E-state index contributed by atoms with van der Waals surface area (Å²) in [5, 5.41) is 3.10. The van der Waals surface area contributed by atoms with Gasteiger partial charge in [0.15, 0.2) is 0 Å². The Bertz CT molecular complexity index is 477. The van der Waals surface area contributed by atoms with Gasteiger partial charge in [-0.3, -0.25) is 4.79 Å². The van der Waals surface area contributed by atoms with Crippen LogP contribution in [0.4, 0.5) is 0 Å². The molecule has 0 fully saturated rings. The number of rotatable bonds is 3. The first-order valence-electron chi connectivity index (χ1n) is 4.81. The lowest BCUT2D eigenvalue weighted by Gasteiger charge is -2.25. The smallest absolute Gasteiger partial charge is 0.253 e. The number of carbonyl (C=O) groups excluding carboxylic acids is 1. The molecule has 3 N–H and O–H groups in total. The predicted octanol–water partition coefficient (Wildman–Crippen LogP) is 2.90. The van der Waals surface area contributed by atoms with E-state index < -0.39 is 5.54 Å². The number of amides is 1. The van der Waals surface area contributed by atoms with E-state index in [1.807, 2.05) is 0 Å². The Morgan fingerprint density at radius 3 is 2.59 bits per heavy atom. The monoisotopic (exact) mass is 334 g/mol. The number of carbonyl (C=O) groups is 1. The maximum Gasteiger partial charge on any atom is 0.253 e. The summed E-state index contributed by atoms with van der Waals surface area (Å²) >= 11 is 14.1. The van der Waals surface area contributed by atoms with Gasteiger partial charge in [0.05, 0.1) is 21.1 Å². The highest BCUT2D eigenvalue weighted by Gasteiger charge is 2.25. The Kier molecular flexibility index (Phi) is 4.52. The fraction of sp³-hybridized carbons (Fsp3) is 0.273. The second kappa shape index (κ2) is 5.33. The van der Waals surface area contributed by atoms with Crippen molar-refractivity contribution in [3.05, 3.63) is 33.3 Å². The number of halogens is 2. The van der Waals surface area contributed by atoms with Gasteiger partial charge in [-0.1, -0.05) is 39.7 Å². The highest BCUT2D eigenvalue weighted by molar-refractivity contribution is 9.10. The second-order valence-corrected chi connectivity index (χ2v) is 5.83. The van der Waals surface area contributed by atoms with E-state index in [2.05, 4.69) is 21.2 Å². The van der Waals surface area contributed by atoms with Gasteiger partial charge in [0.2, 0.25) is 0 Å². The molecule has 1 rings (SSSR count). The normalized spacial score (nSPS) is 11.1. The Morgan fingerprint density at radius 2 is 2.12 bits per heavy atom. The van der Waals surface area contributed by atoms with Crippen LogP contribution in [0.15, 0.2) is 22.7 Å². The van der Waals surface area contributed by atoms with Crippen LogP contribution < -0.4 is 11.1 Å². The third-order valence-corrected chi connectivity index (χ3v) is 3.53. The molecule has 0 radical (unpaired) electrons. The van der Waals surface area contributed by atoms with E-state index in [4.69, 9.17) is 29.6 Å². The molecule has 0 aliphatic rings. The molecule has 0 unspecified atom stereocenters. The molecule has 0 aliphatic heterocycles. The lowest BCUT2D eigenvalue weighted by Crippen LogP contribution is -2.52. The van der Waals surface area contributed by atoms with Crippen LogP contribution in [0.1, 0.15) is 24.2 Å². The van der Waals surface area contributed by atoms with Crippen molar-refractivity contribution in [1.29, 1.82) is 0 Å². The summed E-state index contributed by atoms with van der Waals surface area (Å²) in [5.74, 6) is -0.305. The minimum Gasteiger partial charge on any atom is -0.391 e. The molecule has 0 bridgehead atoms. The summed E-state index contributed by atoms with van der Waals surface area (Å²) in [6, 6.07) is 5.04. The van der Waals surface area contributed by atoms with E-state index in [0.717, 1.165) is 4.47 Å². The third-order valence-electron chi connectivity index (χ3n) is 2.22. The van der Waals surface area contributed by atoms with Gasteiger partial charge in [-0.2, -0.15) is 0 Å². The molecule has 1 aromatic carbocycles. The summed E-state index contributed by atoms with van der Waals surface area (Å²) < 4.78 is 0.813. The summed E-state index contributed by atoms with van der Waals surface area (Å²) in [5.41, 5.74) is 5.18. The number of nitrogens with two attached hydrogens (primary N) is 1. The van der Waals surface area contributed by atoms with E-state index >= 15 is 0 Å². The molecule has 6 heteroatoms. The molecular weight excluding hydrogens is 324 g/mol. The van der Waals surface area contributed by atoms with Gasteiger partial charge in [0.25, 0.3) is 5.91 Å². The Morgan fingerprint density at radius 1 is 1.53 bits per heavy atom. The topological polar surface area (TPSA) is 55.1 Å². The van der Waals surface area contributed by atoms with E-state index in [1.165, 1.54) is 0 Å². The molecule has 0 atom stereocenters. The molecule has 0 heterocycles. The quantitative estimate of drug-likeness (QED) is 0.835. The summed E-state index contributed by atoms with van der Waals surface area (Å²) in [6.45, 7) is 3.47. The van der Waals surface area contributed by atoms with Gasteiger partial charge in [0, 0.05) is 4.47 Å². The van der Waals surface area contributed by atoms with Crippen LogP contribution >= 0.6 is 39.7 Å². The van der Waals surface area contributed by atoms with Gasteiger partial charge in [-0.15, -0.1) is 0 Å². The second-order valence-electron chi connectivity index (χ2n) is 4.07. The Labute approximate surface area is 119 Å². The molecule has 3 nitrogen and oxygen atoms in total. The summed E-state index contributed by atoms with van der Waals surface area (Å²) in [7, 11) is 0. The van der Waals surface area contributed by atoms with Crippen LogP contribution in [0.3, 0.4) is 0 Å². The van der Waals surface area contributed by atoms with Crippen molar-refractivity contribution in [2.45, 2.75) is 19.4 Å². The number of benzene rings is 1. The van der Waals surface area contributed by atoms with Crippen molar-refractivity contribution in [2.24, 2.45) is 5.73 Å². The Hall–Kier alpha value is -0.650. The zero-order valence-electron chi connectivity index (χ0n) is 9.38. The van der Waals surface area contributed by atoms with Crippen LogP contribution in [0.25, 0.3) is 0 Å². The molecular formula is C11H12BrClN2OS. The van der Waals surface area contributed by atoms with E-state index in [9.17, 15) is 4.79 Å². The summed E-state index contributed by atoms with van der Waals surface area (Å²) in [4.78, 5) is 12.2. The van der Waals surface area contributed by atoms with Crippen molar-refractivity contribution in [3.63, 3.8) is 0 Å². The number of nitrogens with one attached hydrogen (secondary N) is 1. The molecule has 1 amide bonds. The van der Waals surface area contributed by atoms with Gasteiger partial charge in [-0.25, -0.2) is 0 Å². The zero-order chi connectivity index (χ0) is 13.2. The molecule has 17 heavy (non-hydrogen) atoms. The van der Waals surface area contributed by atoms with E-state index in [1.54, 1.807) is 32.0 Å². The minimum atomic E-state index is -0.747. The van der Waals surface area contributed by atoms with Gasteiger partial charge in [-0.05, 0) is 32.0 Å². The van der Waals surface area contributed by atoms with E-state index in [-0.39, 0.29) is 10.9 Å². The first-order valence-corrected chi connectivity index (χ1v) is 6.39. The van der Waals surface area contributed by atoms with Crippen molar-refractivity contribution in [3.8, 4) is 0 Å². The van der Waals surface area contributed by atoms with Crippen LogP contribution in [0.2, 0.25) is 5.02 Å². The average Bonchev–Trinajstić information content (AvgIpc) is 2.15. The highest BCUT2D eigenvalue weighted by Crippen LogP contribution is 2.21. The first kappa shape index (κ1) is 14.4. The largest absolute Gasteiger partial charge is 0.391 e. The van der Waals surface area contributed by atoms with E-state index in [0.29, 0.717) is 10.6 Å². The third kappa shape index (κ3) is 3.66. The SMILES string of the molecule is CC(C)(NC(=O)c1ccc(Br)cc1Cl)C(N)=S. The molecule has 1 aromatic rings. The molecule has 0 spiro atoms. The summed E-state index contributed by atoms with van der Waals surface area (Å²) in [6.07, 6.45) is 0. The number of hydrogen-bond acceptors (Lipinski definition) is 2. The predicted molar refractivity (Wildman–Crippen MR) is 77.5 cm³/mol. The van der Waals surface area contributed by atoms with Gasteiger partial charge >= 0.3 is 0 Å². The lowest BCUT2D eigenvalue weighted by atomic mass is 10.0. The molecule has 0 saturated heterocycles. The maximum absolute atomic E-state index is 12.0. The molecule has 0 aromatic heterocycles. The molecule has 0 aliphatic carbocycles. The molecule has 92 valence electrons. The highest BCUT2D eigenvalue weighted by atomic mass is 79.9. The van der Waals surface area contributed by atoms with Gasteiger partial charge < -0.3 is 11.1 Å². The fourth-order valence-electron chi connectivity index (χ4n) is 1.09. The zero-order valence-corrected chi connectivity index (χ0v) is 12.5. The minimum absolute atomic E-state index is 0.221. The van der Waals surface area contributed by atoms with Crippen molar-refractivity contribution in [1.82, 2.24) is 5.32 Å². The van der Waals surface area contributed by atoms with Crippen molar-refractivity contribution >= 4 is 50.6 Å². The first-order chi connectivity index (χ1) is 7.74. The average molecular weight is 336 g/mol. The van der Waals surface area contributed by atoms with Crippen LogP contribution in [-0.2, 0) is 0 Å². The Balaban J connectivity index is 2.95. The number of thiocarbonyl (C=S) groups is 1. The van der Waals surface area contributed by atoms with Crippen LogP contribution in [0.5, 0.6) is 0 Å². The number of hydrogen-bond donors (Lipinski definition) is 2. The van der Waals surface area contributed by atoms with Crippen molar-refractivity contribution in [2.75, 3.05) is 0 Å².